The maximum atomic E-state index is 13.2. The molecule has 2 N–H and O–H groups in total. The summed E-state index contributed by atoms with van der Waals surface area (Å²) >= 11 is 2.57. The Labute approximate surface area is 177 Å². The molecular formula is C21H24FN3O2S2. The Balaban J connectivity index is 1.67. The number of fused-ring (bicyclic) bond motifs is 1. The normalized spacial score (nSPS) is 12.2. The number of nitrogens with zero attached hydrogens (tertiary/aromatic N) is 1. The van der Waals surface area contributed by atoms with Gasteiger partial charge in [0.05, 0.1) is 11.1 Å². The highest BCUT2D eigenvalue weighted by atomic mass is 32.2. The summed E-state index contributed by atoms with van der Waals surface area (Å²) in [5, 5.41) is 5.74. The minimum atomic E-state index is -0.322. The Bertz CT molecular complexity index is 1030. The van der Waals surface area contributed by atoms with E-state index in [2.05, 4.69) is 22.2 Å². The van der Waals surface area contributed by atoms with Crippen molar-refractivity contribution in [3.8, 4) is 11.1 Å². The van der Waals surface area contributed by atoms with E-state index in [1.807, 2.05) is 12.3 Å². The molecule has 0 spiro atoms. The lowest BCUT2D eigenvalue weighted by molar-refractivity contribution is -0.119. The van der Waals surface area contributed by atoms with Crippen LogP contribution in [0.15, 0.2) is 39.6 Å². The number of halogens is 1. The lowest BCUT2D eigenvalue weighted by Gasteiger charge is -2.13. The minimum absolute atomic E-state index is 0.0695. The quantitative estimate of drug-likeness (QED) is 0.284. The first-order chi connectivity index (χ1) is 14.0. The van der Waals surface area contributed by atoms with Crippen molar-refractivity contribution in [2.24, 2.45) is 0 Å². The lowest BCUT2D eigenvalue weighted by Crippen LogP contribution is -2.33. The molecule has 0 saturated heterocycles. The number of unbranched alkanes of at least 4 members (excludes halogenated alkanes) is 2. The number of H-pyrrole nitrogens is 1. The molecular weight excluding hydrogens is 409 g/mol. The van der Waals surface area contributed by atoms with Crippen LogP contribution in [0.5, 0.6) is 0 Å². The van der Waals surface area contributed by atoms with Gasteiger partial charge in [0, 0.05) is 17.0 Å². The van der Waals surface area contributed by atoms with Crippen LogP contribution >= 0.6 is 23.1 Å². The number of carbonyl (C=O) groups is 1. The second-order valence-electron chi connectivity index (χ2n) is 6.96. The molecule has 0 fully saturated rings. The molecule has 8 heteroatoms. The Hall–Kier alpha value is -2.19. The molecule has 0 bridgehead atoms. The number of hydrogen-bond donors (Lipinski definition) is 2. The molecule has 1 aromatic carbocycles. The zero-order valence-corrected chi connectivity index (χ0v) is 18.1. The van der Waals surface area contributed by atoms with Crippen LogP contribution < -0.4 is 10.9 Å². The summed E-state index contributed by atoms with van der Waals surface area (Å²) < 4.78 is 13.2. The summed E-state index contributed by atoms with van der Waals surface area (Å²) in [4.78, 5) is 32.6. The molecule has 154 valence electrons. The number of carbonyl (C=O) groups excluding carboxylic acids is 1. The topological polar surface area (TPSA) is 74.8 Å². The molecule has 0 aliphatic carbocycles. The summed E-state index contributed by atoms with van der Waals surface area (Å²) in [6, 6.07) is 6.16. The molecule has 5 nitrogen and oxygen atoms in total. The number of nitrogens with one attached hydrogen (secondary N) is 2. The average molecular weight is 434 g/mol. The predicted molar refractivity (Wildman–Crippen MR) is 118 cm³/mol. The van der Waals surface area contributed by atoms with Crippen molar-refractivity contribution >= 4 is 39.2 Å². The van der Waals surface area contributed by atoms with E-state index in [1.54, 1.807) is 12.1 Å². The van der Waals surface area contributed by atoms with Gasteiger partial charge < -0.3 is 10.3 Å². The second kappa shape index (κ2) is 10.0. The third kappa shape index (κ3) is 5.67. The van der Waals surface area contributed by atoms with Crippen molar-refractivity contribution in [1.82, 2.24) is 15.3 Å². The van der Waals surface area contributed by atoms with Crippen molar-refractivity contribution in [1.29, 1.82) is 0 Å². The number of amides is 1. The van der Waals surface area contributed by atoms with E-state index < -0.39 is 0 Å². The Morgan fingerprint density at radius 3 is 2.79 bits per heavy atom. The smallest absolute Gasteiger partial charge is 0.260 e. The summed E-state index contributed by atoms with van der Waals surface area (Å²) in [7, 11) is 0. The van der Waals surface area contributed by atoms with Gasteiger partial charge in [-0.25, -0.2) is 9.37 Å². The van der Waals surface area contributed by atoms with Crippen LogP contribution in [0.4, 0.5) is 4.39 Å². The van der Waals surface area contributed by atoms with Crippen LogP contribution in [0.1, 0.15) is 39.5 Å². The molecule has 2 aromatic heterocycles. The van der Waals surface area contributed by atoms with Crippen LogP contribution in [0, 0.1) is 5.82 Å². The van der Waals surface area contributed by atoms with Gasteiger partial charge in [-0.15, -0.1) is 11.3 Å². The number of thioether (sulfide) groups is 1. The van der Waals surface area contributed by atoms with Crippen molar-refractivity contribution in [2.75, 3.05) is 5.75 Å². The van der Waals surface area contributed by atoms with Gasteiger partial charge in [0.25, 0.3) is 5.56 Å². The highest BCUT2D eigenvalue weighted by Gasteiger charge is 2.14. The van der Waals surface area contributed by atoms with E-state index in [0.29, 0.717) is 15.4 Å². The highest BCUT2D eigenvalue weighted by Crippen LogP contribution is 2.31. The van der Waals surface area contributed by atoms with Crippen molar-refractivity contribution in [2.45, 2.75) is 50.7 Å². The minimum Gasteiger partial charge on any atom is -0.353 e. The monoisotopic (exact) mass is 433 g/mol. The second-order valence-corrected chi connectivity index (χ2v) is 8.78. The molecule has 1 unspecified atom stereocenters. The number of rotatable bonds is 9. The van der Waals surface area contributed by atoms with Gasteiger partial charge >= 0.3 is 0 Å². The predicted octanol–water partition coefficient (Wildman–Crippen LogP) is 4.97. The number of aromatic nitrogens is 2. The molecule has 0 radical (unpaired) electrons. The Kier molecular flexibility index (Phi) is 7.44. The van der Waals surface area contributed by atoms with Crippen molar-refractivity contribution in [3.63, 3.8) is 0 Å². The van der Waals surface area contributed by atoms with Crippen LogP contribution in [-0.4, -0.2) is 27.7 Å². The first-order valence-corrected chi connectivity index (χ1v) is 11.5. The van der Waals surface area contributed by atoms with Crippen molar-refractivity contribution in [3.05, 3.63) is 45.8 Å². The summed E-state index contributed by atoms with van der Waals surface area (Å²) in [5.41, 5.74) is 1.24. The van der Waals surface area contributed by atoms with E-state index in [4.69, 9.17) is 0 Å². The van der Waals surface area contributed by atoms with Gasteiger partial charge in [-0.2, -0.15) is 0 Å². The Morgan fingerprint density at radius 1 is 1.31 bits per heavy atom. The van der Waals surface area contributed by atoms with E-state index >= 15 is 0 Å². The van der Waals surface area contributed by atoms with Gasteiger partial charge in [0.2, 0.25) is 5.91 Å². The Morgan fingerprint density at radius 2 is 2.07 bits per heavy atom. The van der Waals surface area contributed by atoms with Crippen LogP contribution in [0.25, 0.3) is 21.3 Å². The van der Waals surface area contributed by atoms with Gasteiger partial charge in [-0.1, -0.05) is 50.1 Å². The lowest BCUT2D eigenvalue weighted by atomic mass is 10.1. The number of benzene rings is 1. The fourth-order valence-corrected chi connectivity index (χ4v) is 4.74. The molecule has 2 heterocycles. The zero-order valence-electron chi connectivity index (χ0n) is 16.5. The SMILES string of the molecule is CCCCCC(C)NC(=O)CSc1nc2scc(-c3ccc(F)cc3)c2c(=O)[nH]1. The molecule has 1 atom stereocenters. The molecule has 29 heavy (non-hydrogen) atoms. The highest BCUT2D eigenvalue weighted by molar-refractivity contribution is 7.99. The maximum Gasteiger partial charge on any atom is 0.260 e. The van der Waals surface area contributed by atoms with Gasteiger partial charge in [-0.3, -0.25) is 9.59 Å². The zero-order chi connectivity index (χ0) is 20.8. The number of hydrogen-bond acceptors (Lipinski definition) is 5. The third-order valence-corrected chi connectivity index (χ3v) is 6.31. The summed E-state index contributed by atoms with van der Waals surface area (Å²) in [6.07, 6.45) is 4.39. The van der Waals surface area contributed by atoms with E-state index in [9.17, 15) is 14.0 Å². The van der Waals surface area contributed by atoms with Crippen molar-refractivity contribution < 1.29 is 9.18 Å². The molecule has 0 aliphatic rings. The molecule has 0 aliphatic heterocycles. The summed E-state index contributed by atoms with van der Waals surface area (Å²) in [6.45, 7) is 4.16. The van der Waals surface area contributed by atoms with E-state index in [-0.39, 0.29) is 29.1 Å². The molecule has 3 rings (SSSR count). The first kappa shape index (κ1) is 21.5. The fourth-order valence-electron chi connectivity index (χ4n) is 3.06. The fraction of sp³-hybridized carbons (Fsp3) is 0.381. The third-order valence-electron chi connectivity index (χ3n) is 4.57. The van der Waals surface area contributed by atoms with Gasteiger partial charge in [0.15, 0.2) is 5.16 Å². The van der Waals surface area contributed by atoms with Crippen LogP contribution in [0.2, 0.25) is 0 Å². The van der Waals surface area contributed by atoms with E-state index in [1.165, 1.54) is 41.7 Å². The van der Waals surface area contributed by atoms with E-state index in [0.717, 1.165) is 30.4 Å². The van der Waals surface area contributed by atoms with Crippen LogP contribution in [-0.2, 0) is 4.79 Å². The first-order valence-electron chi connectivity index (χ1n) is 9.67. The molecule has 1 amide bonds. The number of thiophene rings is 1. The van der Waals surface area contributed by atoms with Gasteiger partial charge in [0.1, 0.15) is 10.6 Å². The maximum absolute atomic E-state index is 13.2. The molecule has 0 saturated carbocycles. The molecule has 3 aromatic rings. The van der Waals surface area contributed by atoms with Gasteiger partial charge in [-0.05, 0) is 31.0 Å². The largest absolute Gasteiger partial charge is 0.353 e. The number of aromatic amines is 1. The van der Waals surface area contributed by atoms with Crippen LogP contribution in [0.3, 0.4) is 0 Å². The average Bonchev–Trinajstić information content (AvgIpc) is 3.12. The standard InChI is InChI=1S/C21H24FN3O2S2/c1-3-4-5-6-13(2)23-17(26)12-29-21-24-19(27)18-16(11-28-20(18)25-21)14-7-9-15(22)10-8-14/h7-11,13H,3-6,12H2,1-2H3,(H,23,26)(H,24,25,27). The summed E-state index contributed by atoms with van der Waals surface area (Å²) in [5.74, 6) is -0.195.